The fourth-order valence-electron chi connectivity index (χ4n) is 2.63. The zero-order valence-corrected chi connectivity index (χ0v) is 9.09. The molecule has 14 heavy (non-hydrogen) atoms. The van der Waals surface area contributed by atoms with Crippen molar-refractivity contribution in [1.29, 1.82) is 0 Å². The second-order valence-electron chi connectivity index (χ2n) is 4.62. The Bertz CT molecular complexity index is 310. The van der Waals surface area contributed by atoms with Crippen LogP contribution in [0.15, 0.2) is 18.2 Å². The fourth-order valence-corrected chi connectivity index (χ4v) is 2.63. The maximum atomic E-state index is 6.11. The van der Waals surface area contributed by atoms with Gasteiger partial charge in [0.1, 0.15) is 0 Å². The molecule has 0 unspecified atom stereocenters. The maximum absolute atomic E-state index is 6.11. The summed E-state index contributed by atoms with van der Waals surface area (Å²) in [6.45, 7) is 4.33. The molecule has 0 saturated heterocycles. The third-order valence-corrected chi connectivity index (χ3v) is 3.24. The summed E-state index contributed by atoms with van der Waals surface area (Å²) in [5, 5.41) is 0. The van der Waals surface area contributed by atoms with Gasteiger partial charge in [0.15, 0.2) is 0 Å². The van der Waals surface area contributed by atoms with Crippen LogP contribution < -0.4 is 5.73 Å². The summed E-state index contributed by atoms with van der Waals surface area (Å²) >= 11 is 0. The Hall–Kier alpha value is -0.820. The van der Waals surface area contributed by atoms with Crippen LogP contribution >= 0.6 is 0 Å². The van der Waals surface area contributed by atoms with Crippen LogP contribution in [-0.4, -0.2) is 6.04 Å². The van der Waals surface area contributed by atoms with Gasteiger partial charge in [0, 0.05) is 6.04 Å². The highest BCUT2D eigenvalue weighted by Crippen LogP contribution is 2.33. The van der Waals surface area contributed by atoms with Crippen molar-refractivity contribution in [3.05, 3.63) is 34.9 Å². The minimum Gasteiger partial charge on any atom is -0.327 e. The van der Waals surface area contributed by atoms with Gasteiger partial charge in [0.2, 0.25) is 0 Å². The van der Waals surface area contributed by atoms with Gasteiger partial charge in [0.05, 0.1) is 0 Å². The van der Waals surface area contributed by atoms with Crippen molar-refractivity contribution in [2.45, 2.75) is 45.1 Å². The molecule has 0 aromatic heterocycles. The second kappa shape index (κ2) is 3.74. The predicted octanol–water partition coefficient (Wildman–Crippen LogP) is 2.90. The van der Waals surface area contributed by atoms with E-state index in [0.717, 1.165) is 0 Å². The van der Waals surface area contributed by atoms with Crippen LogP contribution in [0.25, 0.3) is 0 Å². The van der Waals surface area contributed by atoms with E-state index in [1.165, 1.54) is 36.0 Å². The molecule has 0 heterocycles. The number of aryl methyl sites for hydroxylation is 2. The fraction of sp³-hybridized carbons (Fsp3) is 0.538. The number of benzene rings is 1. The third-order valence-electron chi connectivity index (χ3n) is 3.24. The monoisotopic (exact) mass is 189 g/mol. The Kier molecular flexibility index (Phi) is 2.60. The molecular weight excluding hydrogens is 170 g/mol. The molecule has 0 amide bonds. The predicted molar refractivity (Wildman–Crippen MR) is 60.5 cm³/mol. The first-order valence-electron chi connectivity index (χ1n) is 5.50. The molecule has 1 aromatic rings. The zero-order valence-electron chi connectivity index (χ0n) is 9.09. The van der Waals surface area contributed by atoms with Crippen molar-refractivity contribution in [1.82, 2.24) is 0 Å². The van der Waals surface area contributed by atoms with Gasteiger partial charge in [-0.1, -0.05) is 35.7 Å². The van der Waals surface area contributed by atoms with Crippen molar-refractivity contribution in [3.8, 4) is 0 Å². The SMILES string of the molecule is Cc1cc(C)cc([C@H]2CCC[C@H]2N)c1. The van der Waals surface area contributed by atoms with E-state index in [9.17, 15) is 0 Å². The minimum atomic E-state index is 0.385. The molecule has 0 bridgehead atoms. The molecule has 1 nitrogen and oxygen atoms in total. The van der Waals surface area contributed by atoms with E-state index in [1.807, 2.05) is 0 Å². The van der Waals surface area contributed by atoms with Crippen LogP contribution in [0.4, 0.5) is 0 Å². The van der Waals surface area contributed by atoms with Gasteiger partial charge in [0.25, 0.3) is 0 Å². The van der Waals surface area contributed by atoms with Crippen LogP contribution in [0.5, 0.6) is 0 Å². The van der Waals surface area contributed by atoms with E-state index in [4.69, 9.17) is 5.73 Å². The first-order valence-corrected chi connectivity index (χ1v) is 5.50. The third kappa shape index (κ3) is 1.83. The molecule has 2 N–H and O–H groups in total. The second-order valence-corrected chi connectivity index (χ2v) is 4.62. The normalized spacial score (nSPS) is 26.8. The lowest BCUT2D eigenvalue weighted by Gasteiger charge is -2.16. The summed E-state index contributed by atoms with van der Waals surface area (Å²) in [5.41, 5.74) is 10.3. The summed E-state index contributed by atoms with van der Waals surface area (Å²) in [5.74, 6) is 0.605. The lowest BCUT2D eigenvalue weighted by atomic mass is 9.92. The summed E-state index contributed by atoms with van der Waals surface area (Å²) in [6, 6.07) is 7.20. The Morgan fingerprint density at radius 3 is 2.21 bits per heavy atom. The van der Waals surface area contributed by atoms with E-state index >= 15 is 0 Å². The largest absolute Gasteiger partial charge is 0.327 e. The van der Waals surface area contributed by atoms with Gasteiger partial charge in [-0.25, -0.2) is 0 Å². The van der Waals surface area contributed by atoms with Crippen molar-refractivity contribution >= 4 is 0 Å². The molecule has 1 heteroatoms. The summed E-state index contributed by atoms with van der Waals surface area (Å²) in [7, 11) is 0. The lowest BCUT2D eigenvalue weighted by Crippen LogP contribution is -2.22. The van der Waals surface area contributed by atoms with Crippen LogP contribution in [0.2, 0.25) is 0 Å². The molecular formula is C13H19N. The summed E-state index contributed by atoms with van der Waals surface area (Å²) in [6.07, 6.45) is 3.75. The van der Waals surface area contributed by atoms with Gasteiger partial charge < -0.3 is 5.73 Å². The van der Waals surface area contributed by atoms with E-state index < -0.39 is 0 Å². The van der Waals surface area contributed by atoms with Crippen molar-refractivity contribution in [2.24, 2.45) is 5.73 Å². The van der Waals surface area contributed by atoms with Crippen LogP contribution in [0.1, 0.15) is 41.9 Å². The highest BCUT2D eigenvalue weighted by atomic mass is 14.7. The average molecular weight is 189 g/mol. The van der Waals surface area contributed by atoms with Gasteiger partial charge in [-0.05, 0) is 38.2 Å². The molecule has 1 fully saturated rings. The highest BCUT2D eigenvalue weighted by molar-refractivity contribution is 5.32. The first-order chi connectivity index (χ1) is 6.66. The Morgan fingerprint density at radius 2 is 1.71 bits per heavy atom. The van der Waals surface area contributed by atoms with E-state index in [1.54, 1.807) is 0 Å². The quantitative estimate of drug-likeness (QED) is 0.722. The standard InChI is InChI=1S/C13H19N/c1-9-6-10(2)8-11(7-9)12-4-3-5-13(12)14/h6-8,12-13H,3-5,14H2,1-2H3/t12-,13-/m1/s1. The van der Waals surface area contributed by atoms with E-state index in [-0.39, 0.29) is 0 Å². The molecule has 2 atom stereocenters. The number of nitrogens with two attached hydrogens (primary N) is 1. The molecule has 0 radical (unpaired) electrons. The van der Waals surface area contributed by atoms with E-state index in [0.29, 0.717) is 12.0 Å². The molecule has 1 aliphatic carbocycles. The zero-order chi connectivity index (χ0) is 10.1. The van der Waals surface area contributed by atoms with Crippen molar-refractivity contribution in [3.63, 3.8) is 0 Å². The summed E-state index contributed by atoms with van der Waals surface area (Å²) < 4.78 is 0. The van der Waals surface area contributed by atoms with Crippen LogP contribution in [0.3, 0.4) is 0 Å². The molecule has 1 aliphatic rings. The highest BCUT2D eigenvalue weighted by Gasteiger charge is 2.25. The maximum Gasteiger partial charge on any atom is 0.0108 e. The van der Waals surface area contributed by atoms with Gasteiger partial charge >= 0.3 is 0 Å². The number of hydrogen-bond donors (Lipinski definition) is 1. The molecule has 2 rings (SSSR count). The Labute approximate surface area is 86.3 Å². The van der Waals surface area contributed by atoms with Gasteiger partial charge in [-0.2, -0.15) is 0 Å². The first kappa shape index (κ1) is 9.72. The topological polar surface area (TPSA) is 26.0 Å². The summed E-state index contributed by atoms with van der Waals surface area (Å²) in [4.78, 5) is 0. The van der Waals surface area contributed by atoms with Crippen LogP contribution in [-0.2, 0) is 0 Å². The van der Waals surface area contributed by atoms with Gasteiger partial charge in [-0.15, -0.1) is 0 Å². The van der Waals surface area contributed by atoms with Crippen molar-refractivity contribution < 1.29 is 0 Å². The number of hydrogen-bond acceptors (Lipinski definition) is 1. The molecule has 76 valence electrons. The molecule has 1 aromatic carbocycles. The minimum absolute atomic E-state index is 0.385. The Balaban J connectivity index is 2.31. The molecule has 0 aliphatic heterocycles. The number of rotatable bonds is 1. The molecule has 1 saturated carbocycles. The van der Waals surface area contributed by atoms with Crippen molar-refractivity contribution in [2.75, 3.05) is 0 Å². The Morgan fingerprint density at radius 1 is 1.07 bits per heavy atom. The average Bonchev–Trinajstić information content (AvgIpc) is 2.49. The molecule has 0 spiro atoms. The smallest absolute Gasteiger partial charge is 0.0108 e. The van der Waals surface area contributed by atoms with E-state index in [2.05, 4.69) is 32.0 Å². The van der Waals surface area contributed by atoms with Crippen LogP contribution in [0, 0.1) is 13.8 Å². The van der Waals surface area contributed by atoms with Gasteiger partial charge in [-0.3, -0.25) is 0 Å². The lowest BCUT2D eigenvalue weighted by molar-refractivity contribution is 0.612.